The molecule has 4 aliphatic rings. The standard InChI is InChI=1S/C23H24N6O3.C4H8O/c1-11(12-2-3-12)28-10-14-8-13(9-17(30)18(14)23(28)32)16-6-7-29-21(26-16)19(20(24)27-29)22(31)25-15-4-5-15;1-2-4-5-3-1/h6-9,11-12,15,30H,2-5,10H2,1H3,(H2,24,27)(H,25,31);1-4H2. The molecule has 2 aliphatic heterocycles. The average Bonchev–Trinajstić information content (AvgIpc) is 3.76. The van der Waals surface area contributed by atoms with Gasteiger partial charge in [0, 0.05) is 43.6 Å². The van der Waals surface area contributed by atoms with Crippen molar-refractivity contribution in [2.45, 2.75) is 64.1 Å². The molecule has 1 aromatic carbocycles. The summed E-state index contributed by atoms with van der Waals surface area (Å²) in [6, 6.07) is 5.56. The van der Waals surface area contributed by atoms with E-state index in [9.17, 15) is 14.7 Å². The molecule has 4 heterocycles. The van der Waals surface area contributed by atoms with Crippen LogP contribution >= 0.6 is 0 Å². The van der Waals surface area contributed by atoms with Crippen LogP contribution in [0.5, 0.6) is 5.75 Å². The van der Waals surface area contributed by atoms with Crippen molar-refractivity contribution in [1.29, 1.82) is 0 Å². The summed E-state index contributed by atoms with van der Waals surface area (Å²) in [6.07, 6.45) is 8.47. The van der Waals surface area contributed by atoms with E-state index >= 15 is 0 Å². The van der Waals surface area contributed by atoms with Crippen LogP contribution in [-0.4, -0.2) is 61.7 Å². The molecule has 1 atom stereocenters. The van der Waals surface area contributed by atoms with Crippen LogP contribution < -0.4 is 11.1 Å². The number of ether oxygens (including phenoxy) is 1. The van der Waals surface area contributed by atoms with Gasteiger partial charge < -0.3 is 25.8 Å². The first-order chi connectivity index (χ1) is 17.9. The lowest BCUT2D eigenvalue weighted by Crippen LogP contribution is -2.34. The number of carbonyl (C=O) groups is 2. The number of phenols is 1. The Morgan fingerprint density at radius 1 is 1.22 bits per heavy atom. The number of fused-ring (bicyclic) bond motifs is 2. The van der Waals surface area contributed by atoms with Gasteiger partial charge in [0.2, 0.25) is 0 Å². The van der Waals surface area contributed by atoms with Crippen molar-refractivity contribution < 1.29 is 19.4 Å². The topological polar surface area (TPSA) is 135 Å². The maximum atomic E-state index is 12.9. The van der Waals surface area contributed by atoms with E-state index in [0.717, 1.165) is 44.5 Å². The first-order valence-corrected chi connectivity index (χ1v) is 13.1. The van der Waals surface area contributed by atoms with Gasteiger partial charge in [-0.2, -0.15) is 0 Å². The highest BCUT2D eigenvalue weighted by Crippen LogP contribution is 2.41. The van der Waals surface area contributed by atoms with E-state index in [1.54, 1.807) is 18.3 Å². The van der Waals surface area contributed by atoms with Crippen molar-refractivity contribution >= 4 is 23.3 Å². The number of phenolic OH excluding ortho intramolecular Hbond substituents is 1. The number of benzene rings is 1. The van der Waals surface area contributed by atoms with Crippen molar-refractivity contribution in [2.24, 2.45) is 5.92 Å². The van der Waals surface area contributed by atoms with E-state index in [2.05, 4.69) is 22.3 Å². The third-order valence-electron chi connectivity index (χ3n) is 7.59. The summed E-state index contributed by atoms with van der Waals surface area (Å²) in [4.78, 5) is 32.1. The van der Waals surface area contributed by atoms with Crippen molar-refractivity contribution in [1.82, 2.24) is 24.8 Å². The number of nitrogens with two attached hydrogens (primary N) is 1. The lowest BCUT2D eigenvalue weighted by molar-refractivity contribution is 0.0695. The van der Waals surface area contributed by atoms with Gasteiger partial charge in [0.25, 0.3) is 11.8 Å². The van der Waals surface area contributed by atoms with Gasteiger partial charge in [0.05, 0.1) is 11.3 Å². The summed E-state index contributed by atoms with van der Waals surface area (Å²) >= 11 is 0. The van der Waals surface area contributed by atoms with Crippen molar-refractivity contribution in [3.8, 4) is 17.0 Å². The van der Waals surface area contributed by atoms with Crippen LogP contribution in [0.25, 0.3) is 16.9 Å². The number of aromatic hydroxyl groups is 1. The van der Waals surface area contributed by atoms with E-state index in [-0.39, 0.29) is 41.0 Å². The number of nitrogen functional groups attached to an aromatic ring is 1. The second-order valence-corrected chi connectivity index (χ2v) is 10.4. The fourth-order valence-electron chi connectivity index (χ4n) is 5.09. The Balaban J connectivity index is 0.000000453. The fraction of sp³-hybridized carbons (Fsp3) is 0.481. The molecular formula is C27H32N6O4. The number of hydrogen-bond donors (Lipinski definition) is 3. The number of aromatic nitrogens is 3. The summed E-state index contributed by atoms with van der Waals surface area (Å²) in [5.41, 5.74) is 9.03. The van der Waals surface area contributed by atoms with Gasteiger partial charge in [-0.05, 0) is 75.1 Å². The number of nitrogens with one attached hydrogen (secondary N) is 1. The molecule has 2 aromatic heterocycles. The highest BCUT2D eigenvalue weighted by atomic mass is 16.5. The maximum absolute atomic E-state index is 12.9. The molecule has 2 aliphatic carbocycles. The Labute approximate surface area is 214 Å². The Hall–Kier alpha value is -3.66. The Morgan fingerprint density at radius 2 is 1.97 bits per heavy atom. The summed E-state index contributed by atoms with van der Waals surface area (Å²) in [7, 11) is 0. The van der Waals surface area contributed by atoms with Crippen molar-refractivity contribution in [3.63, 3.8) is 0 Å². The van der Waals surface area contributed by atoms with Crippen molar-refractivity contribution in [3.05, 3.63) is 41.1 Å². The fourth-order valence-corrected chi connectivity index (χ4v) is 5.09. The average molecular weight is 505 g/mol. The van der Waals surface area contributed by atoms with Gasteiger partial charge in [-0.15, -0.1) is 5.10 Å². The molecule has 10 heteroatoms. The van der Waals surface area contributed by atoms with Crippen LogP contribution in [0.4, 0.5) is 5.82 Å². The van der Waals surface area contributed by atoms with Crippen LogP contribution in [0.3, 0.4) is 0 Å². The van der Waals surface area contributed by atoms with Gasteiger partial charge in [0.1, 0.15) is 11.3 Å². The number of amides is 2. The zero-order valence-electron chi connectivity index (χ0n) is 20.9. The summed E-state index contributed by atoms with van der Waals surface area (Å²) < 4.78 is 6.43. The lowest BCUT2D eigenvalue weighted by Gasteiger charge is -2.23. The van der Waals surface area contributed by atoms with Gasteiger partial charge in [-0.3, -0.25) is 9.59 Å². The van der Waals surface area contributed by atoms with Gasteiger partial charge in [0.15, 0.2) is 11.5 Å². The quantitative estimate of drug-likeness (QED) is 0.486. The van der Waals surface area contributed by atoms with E-state index in [4.69, 9.17) is 10.5 Å². The van der Waals surface area contributed by atoms with E-state index in [0.29, 0.717) is 34.9 Å². The number of rotatable bonds is 5. The van der Waals surface area contributed by atoms with E-state index in [1.807, 2.05) is 11.0 Å². The molecule has 10 nitrogen and oxygen atoms in total. The van der Waals surface area contributed by atoms with E-state index < -0.39 is 0 Å². The Kier molecular flexibility index (Phi) is 5.98. The first kappa shape index (κ1) is 23.7. The molecule has 7 rings (SSSR count). The van der Waals surface area contributed by atoms with Crippen molar-refractivity contribution in [2.75, 3.05) is 18.9 Å². The van der Waals surface area contributed by atoms with E-state index in [1.165, 1.54) is 17.4 Å². The molecule has 37 heavy (non-hydrogen) atoms. The number of nitrogens with zero attached hydrogens (tertiary/aromatic N) is 4. The molecular weight excluding hydrogens is 472 g/mol. The third kappa shape index (κ3) is 4.61. The SMILES string of the molecule is C1CCOC1.CC(C1CC1)N1Cc2cc(-c3ccn4nc(N)c(C(=O)NC5CC5)c4n3)cc(O)c2C1=O. The van der Waals surface area contributed by atoms with Crippen LogP contribution in [-0.2, 0) is 11.3 Å². The zero-order valence-corrected chi connectivity index (χ0v) is 20.9. The molecule has 2 amide bonds. The predicted octanol–water partition coefficient (Wildman–Crippen LogP) is 3.13. The zero-order chi connectivity index (χ0) is 25.7. The molecule has 0 spiro atoms. The third-order valence-corrected chi connectivity index (χ3v) is 7.59. The first-order valence-electron chi connectivity index (χ1n) is 13.1. The number of carbonyl (C=O) groups excluding carboxylic acids is 2. The lowest BCUT2D eigenvalue weighted by atomic mass is 10.0. The minimum atomic E-state index is -0.281. The Bertz CT molecular complexity index is 1370. The molecule has 1 unspecified atom stereocenters. The monoisotopic (exact) mass is 504 g/mol. The number of hydrogen-bond acceptors (Lipinski definition) is 7. The second kappa shape index (κ2) is 9.33. The highest BCUT2D eigenvalue weighted by Gasteiger charge is 2.40. The summed E-state index contributed by atoms with van der Waals surface area (Å²) in [5, 5.41) is 17.8. The van der Waals surface area contributed by atoms with Crippen LogP contribution in [0.2, 0.25) is 0 Å². The van der Waals surface area contributed by atoms with Crippen LogP contribution in [0.15, 0.2) is 24.4 Å². The largest absolute Gasteiger partial charge is 0.507 e. The van der Waals surface area contributed by atoms with Gasteiger partial charge >= 0.3 is 0 Å². The van der Waals surface area contributed by atoms with Crippen LogP contribution in [0.1, 0.15) is 71.7 Å². The molecule has 2 saturated carbocycles. The molecule has 0 radical (unpaired) electrons. The normalized spacial score (nSPS) is 19.5. The summed E-state index contributed by atoms with van der Waals surface area (Å²) in [6.45, 7) is 4.55. The minimum Gasteiger partial charge on any atom is -0.507 e. The molecule has 3 aromatic rings. The molecule has 0 bridgehead atoms. The smallest absolute Gasteiger partial charge is 0.259 e. The highest BCUT2D eigenvalue weighted by molar-refractivity contribution is 6.05. The minimum absolute atomic E-state index is 0.0469. The van der Waals surface area contributed by atoms with Gasteiger partial charge in [-0.25, -0.2) is 9.50 Å². The predicted molar refractivity (Wildman–Crippen MR) is 137 cm³/mol. The molecule has 3 fully saturated rings. The second-order valence-electron chi connectivity index (χ2n) is 10.4. The molecule has 194 valence electrons. The molecule has 4 N–H and O–H groups in total. The number of anilines is 1. The van der Waals surface area contributed by atoms with Crippen LogP contribution in [0, 0.1) is 5.92 Å². The molecule has 1 saturated heterocycles. The summed E-state index contributed by atoms with van der Waals surface area (Å²) in [5.74, 6) is 0.229. The maximum Gasteiger partial charge on any atom is 0.259 e. The van der Waals surface area contributed by atoms with Gasteiger partial charge in [-0.1, -0.05) is 0 Å². The Morgan fingerprint density at radius 3 is 2.62 bits per heavy atom.